The van der Waals surface area contributed by atoms with Gasteiger partial charge in [-0.05, 0) is 30.7 Å². The van der Waals surface area contributed by atoms with Gasteiger partial charge in [-0.25, -0.2) is 0 Å². The lowest BCUT2D eigenvalue weighted by Crippen LogP contribution is -2.15. The fourth-order valence-corrected chi connectivity index (χ4v) is 3.80. The highest BCUT2D eigenvalue weighted by atomic mass is 32.1. The summed E-state index contributed by atoms with van der Waals surface area (Å²) in [6, 6.07) is 11.8. The van der Waals surface area contributed by atoms with E-state index in [0.717, 1.165) is 16.0 Å². The van der Waals surface area contributed by atoms with Gasteiger partial charge in [-0.3, -0.25) is 14.9 Å². The molecule has 0 N–H and O–H groups in total. The summed E-state index contributed by atoms with van der Waals surface area (Å²) in [5.74, 6) is 0.292. The van der Waals surface area contributed by atoms with Crippen LogP contribution in [0, 0.1) is 10.1 Å². The van der Waals surface area contributed by atoms with Crippen molar-refractivity contribution in [2.45, 2.75) is 13.5 Å². The molecule has 7 nitrogen and oxygen atoms in total. The van der Waals surface area contributed by atoms with E-state index in [0.29, 0.717) is 16.9 Å². The first kappa shape index (κ1) is 18.5. The number of benzene rings is 2. The molecule has 0 bridgehead atoms. The van der Waals surface area contributed by atoms with Crippen molar-refractivity contribution < 1.29 is 14.5 Å². The molecular weight excluding hydrogens is 366 g/mol. The van der Waals surface area contributed by atoms with E-state index in [9.17, 15) is 14.9 Å². The normalized spacial score (nSPS) is 12.0. The van der Waals surface area contributed by atoms with Crippen LogP contribution in [0.2, 0.25) is 0 Å². The second-order valence-corrected chi connectivity index (χ2v) is 6.58. The van der Waals surface area contributed by atoms with Gasteiger partial charge in [-0.2, -0.15) is 4.99 Å². The molecule has 0 aliphatic carbocycles. The fraction of sp³-hybridized carbons (Fsp3) is 0.158. The van der Waals surface area contributed by atoms with E-state index >= 15 is 0 Å². The van der Waals surface area contributed by atoms with Crippen LogP contribution in [0.3, 0.4) is 0 Å². The highest BCUT2D eigenvalue weighted by Gasteiger charge is 2.10. The molecule has 0 atom stereocenters. The maximum absolute atomic E-state index is 12.3. The molecule has 27 heavy (non-hydrogen) atoms. The van der Waals surface area contributed by atoms with Gasteiger partial charge in [0.1, 0.15) is 11.3 Å². The molecule has 2 aromatic carbocycles. The number of amides is 1. The molecule has 3 rings (SSSR count). The Hall–Kier alpha value is -3.26. The minimum atomic E-state index is -0.474. The van der Waals surface area contributed by atoms with Crippen molar-refractivity contribution >= 4 is 39.2 Å². The Labute approximate surface area is 159 Å². The van der Waals surface area contributed by atoms with E-state index in [1.165, 1.54) is 35.6 Å². The van der Waals surface area contributed by atoms with Crippen LogP contribution in [0.1, 0.15) is 12.5 Å². The van der Waals surface area contributed by atoms with Crippen LogP contribution in [0.5, 0.6) is 5.75 Å². The fourth-order valence-electron chi connectivity index (χ4n) is 2.68. The number of nitro groups is 1. The molecule has 0 spiro atoms. The molecule has 1 aromatic heterocycles. The lowest BCUT2D eigenvalue weighted by molar-refractivity contribution is -0.384. The largest absolute Gasteiger partial charge is 0.495 e. The number of nitro benzene ring substituents is 1. The van der Waals surface area contributed by atoms with Crippen LogP contribution in [0.15, 0.2) is 53.5 Å². The van der Waals surface area contributed by atoms with Gasteiger partial charge >= 0.3 is 0 Å². The third kappa shape index (κ3) is 3.95. The first-order chi connectivity index (χ1) is 13.0. The molecule has 0 radical (unpaired) electrons. The number of aryl methyl sites for hydroxylation is 1. The quantitative estimate of drug-likeness (QED) is 0.381. The van der Waals surface area contributed by atoms with E-state index in [2.05, 4.69) is 4.99 Å². The number of non-ortho nitro benzene ring substituents is 1. The zero-order valence-electron chi connectivity index (χ0n) is 14.8. The zero-order chi connectivity index (χ0) is 19.4. The maximum Gasteiger partial charge on any atom is 0.272 e. The van der Waals surface area contributed by atoms with Gasteiger partial charge in [0.25, 0.3) is 11.6 Å². The first-order valence-corrected chi connectivity index (χ1v) is 9.02. The summed E-state index contributed by atoms with van der Waals surface area (Å²) >= 11 is 1.41. The number of para-hydroxylation sites is 1. The third-order valence-corrected chi connectivity index (χ3v) is 4.95. The van der Waals surface area contributed by atoms with Crippen LogP contribution in [0.4, 0.5) is 5.69 Å². The van der Waals surface area contributed by atoms with Crippen molar-refractivity contribution in [1.82, 2.24) is 4.57 Å². The molecule has 8 heteroatoms. The summed E-state index contributed by atoms with van der Waals surface area (Å²) in [5.41, 5.74) is 1.44. The van der Waals surface area contributed by atoms with Crippen LogP contribution < -0.4 is 9.54 Å². The number of nitrogens with zero attached hydrogens (tertiary/aromatic N) is 3. The summed E-state index contributed by atoms with van der Waals surface area (Å²) in [7, 11) is 1.61. The van der Waals surface area contributed by atoms with Crippen LogP contribution >= 0.6 is 11.3 Å². The SMILES string of the molecule is CCn1c(=NC(=O)/C=C/c2cccc([N+](=O)[O-])c2)sc2cccc(OC)c21. The number of carbonyl (C=O) groups is 1. The van der Waals surface area contributed by atoms with E-state index in [1.54, 1.807) is 19.2 Å². The Kier molecular flexibility index (Phi) is 5.46. The van der Waals surface area contributed by atoms with Crippen LogP contribution in [-0.2, 0) is 11.3 Å². The summed E-state index contributed by atoms with van der Waals surface area (Å²) in [5, 5.41) is 10.8. The van der Waals surface area contributed by atoms with Crippen molar-refractivity contribution in [3.63, 3.8) is 0 Å². The van der Waals surface area contributed by atoms with Gasteiger partial charge in [-0.15, -0.1) is 0 Å². The average molecular weight is 383 g/mol. The molecular formula is C19H17N3O4S. The standard InChI is InChI=1S/C19H17N3O4S/c1-3-21-18-15(26-2)8-5-9-16(18)27-19(21)20-17(23)11-10-13-6-4-7-14(12-13)22(24)25/h4-12H,3H2,1-2H3/b11-10+,20-19?. The zero-order valence-corrected chi connectivity index (χ0v) is 15.6. The molecule has 0 aliphatic rings. The maximum atomic E-state index is 12.3. The Morgan fingerprint density at radius 3 is 2.81 bits per heavy atom. The summed E-state index contributed by atoms with van der Waals surface area (Å²) in [4.78, 5) is 27.4. The van der Waals surface area contributed by atoms with E-state index in [1.807, 2.05) is 29.7 Å². The molecule has 0 saturated carbocycles. The minimum Gasteiger partial charge on any atom is -0.495 e. The number of fused-ring (bicyclic) bond motifs is 1. The van der Waals surface area contributed by atoms with Crippen molar-refractivity contribution in [2.75, 3.05) is 7.11 Å². The number of hydrogen-bond donors (Lipinski definition) is 0. The lowest BCUT2D eigenvalue weighted by Gasteiger charge is -2.05. The van der Waals surface area contributed by atoms with Gasteiger partial charge < -0.3 is 9.30 Å². The Bertz CT molecular complexity index is 1110. The molecule has 0 fully saturated rings. The highest BCUT2D eigenvalue weighted by molar-refractivity contribution is 7.16. The predicted molar refractivity (Wildman–Crippen MR) is 105 cm³/mol. The monoisotopic (exact) mass is 383 g/mol. The number of methoxy groups -OCH3 is 1. The van der Waals surface area contributed by atoms with Crippen molar-refractivity contribution in [1.29, 1.82) is 0 Å². The Balaban J connectivity index is 1.96. The Morgan fingerprint density at radius 2 is 2.11 bits per heavy atom. The molecule has 1 amide bonds. The van der Waals surface area contributed by atoms with Crippen LogP contribution in [-0.4, -0.2) is 22.5 Å². The molecule has 138 valence electrons. The van der Waals surface area contributed by atoms with Crippen molar-refractivity contribution in [2.24, 2.45) is 4.99 Å². The summed E-state index contributed by atoms with van der Waals surface area (Å²) in [6.45, 7) is 2.61. The summed E-state index contributed by atoms with van der Waals surface area (Å²) < 4.78 is 8.32. The number of hydrogen-bond acceptors (Lipinski definition) is 5. The summed E-state index contributed by atoms with van der Waals surface area (Å²) in [6.07, 6.45) is 2.82. The molecule has 0 unspecified atom stereocenters. The highest BCUT2D eigenvalue weighted by Crippen LogP contribution is 2.27. The van der Waals surface area contributed by atoms with Gasteiger partial charge in [-0.1, -0.05) is 29.5 Å². The smallest absolute Gasteiger partial charge is 0.272 e. The molecule has 1 heterocycles. The third-order valence-electron chi connectivity index (χ3n) is 3.91. The average Bonchev–Trinajstić information content (AvgIpc) is 3.03. The number of thiazole rings is 1. The van der Waals surface area contributed by atoms with E-state index in [-0.39, 0.29) is 5.69 Å². The van der Waals surface area contributed by atoms with E-state index in [4.69, 9.17) is 4.74 Å². The van der Waals surface area contributed by atoms with Gasteiger partial charge in [0.05, 0.1) is 16.7 Å². The number of ether oxygens (including phenoxy) is 1. The second kappa shape index (κ2) is 7.96. The van der Waals surface area contributed by atoms with E-state index < -0.39 is 10.8 Å². The van der Waals surface area contributed by atoms with Gasteiger partial charge in [0.15, 0.2) is 4.80 Å². The van der Waals surface area contributed by atoms with Gasteiger partial charge in [0.2, 0.25) is 0 Å². The topological polar surface area (TPSA) is 86.7 Å². The molecule has 3 aromatic rings. The lowest BCUT2D eigenvalue weighted by atomic mass is 10.2. The van der Waals surface area contributed by atoms with Crippen molar-refractivity contribution in [3.05, 3.63) is 69.0 Å². The molecule has 0 saturated heterocycles. The number of carbonyl (C=O) groups excluding carboxylic acids is 1. The van der Waals surface area contributed by atoms with Crippen LogP contribution in [0.25, 0.3) is 16.3 Å². The molecule has 0 aliphatic heterocycles. The predicted octanol–water partition coefficient (Wildman–Crippen LogP) is 3.78. The van der Waals surface area contributed by atoms with Gasteiger partial charge in [0, 0.05) is 24.8 Å². The Morgan fingerprint density at radius 1 is 1.33 bits per heavy atom. The minimum absolute atomic E-state index is 0.0260. The number of aromatic nitrogens is 1. The first-order valence-electron chi connectivity index (χ1n) is 8.21. The second-order valence-electron chi connectivity index (χ2n) is 5.57. The number of rotatable bonds is 5. The van der Waals surface area contributed by atoms with Crippen molar-refractivity contribution in [3.8, 4) is 5.75 Å².